The van der Waals surface area contributed by atoms with Crippen molar-refractivity contribution in [2.24, 2.45) is 0 Å². The first-order valence-electron chi connectivity index (χ1n) is 5.79. The maximum atomic E-state index is 12.1. The highest BCUT2D eigenvalue weighted by atomic mass is 19.4. The minimum absolute atomic E-state index is 0.401. The molecule has 102 valence electrons. The Morgan fingerprint density at radius 3 is 2.67 bits per heavy atom. The van der Waals surface area contributed by atoms with Crippen LogP contribution in [0.1, 0.15) is 12.1 Å². The summed E-state index contributed by atoms with van der Waals surface area (Å²) in [6.07, 6.45) is -3.48. The quantitative estimate of drug-likeness (QED) is 0.798. The van der Waals surface area contributed by atoms with Crippen LogP contribution in [-0.2, 0) is 0 Å². The van der Waals surface area contributed by atoms with Gasteiger partial charge in [-0.3, -0.25) is 4.90 Å². The predicted octanol–water partition coefficient (Wildman–Crippen LogP) is 2.69. The molecule has 0 saturated heterocycles. The smallest absolute Gasteiger partial charge is 0.370 e. The number of hydrogen-bond donors (Lipinski definition) is 1. The summed E-state index contributed by atoms with van der Waals surface area (Å²) in [5, 5.41) is 3.08. The second kappa shape index (κ2) is 6.58. The van der Waals surface area contributed by atoms with Crippen molar-refractivity contribution in [3.05, 3.63) is 23.9 Å². The van der Waals surface area contributed by atoms with E-state index >= 15 is 0 Å². The second-order valence-electron chi connectivity index (χ2n) is 4.30. The molecule has 0 spiro atoms. The van der Waals surface area contributed by atoms with Crippen molar-refractivity contribution in [1.29, 1.82) is 0 Å². The third kappa shape index (κ3) is 6.44. The normalized spacial score (nSPS) is 11.9. The molecule has 0 unspecified atom stereocenters. The molecule has 0 fully saturated rings. The van der Waals surface area contributed by atoms with Crippen molar-refractivity contribution in [3.8, 4) is 0 Å². The molecule has 0 radical (unpaired) electrons. The number of halogens is 3. The van der Waals surface area contributed by atoms with Crippen LogP contribution in [0.5, 0.6) is 0 Å². The number of nitrogens with one attached hydrogen (secondary N) is 1. The second-order valence-corrected chi connectivity index (χ2v) is 4.30. The van der Waals surface area contributed by atoms with E-state index in [9.17, 15) is 13.2 Å². The standard InChI is InChI=1S/C12H18F3N3/c1-10-5-3-6-11(17-10)16-7-4-8-18(2)9-12(13,14)15/h3,5-6H,4,7-9H2,1-2H3,(H,16,17). The van der Waals surface area contributed by atoms with Gasteiger partial charge in [0.25, 0.3) is 0 Å². The van der Waals surface area contributed by atoms with Crippen LogP contribution in [0.15, 0.2) is 18.2 Å². The Morgan fingerprint density at radius 1 is 1.33 bits per heavy atom. The van der Waals surface area contributed by atoms with E-state index in [1.54, 1.807) is 0 Å². The topological polar surface area (TPSA) is 28.2 Å². The van der Waals surface area contributed by atoms with Gasteiger partial charge >= 0.3 is 6.18 Å². The molecule has 1 N–H and O–H groups in total. The van der Waals surface area contributed by atoms with Crippen LogP contribution in [0.4, 0.5) is 19.0 Å². The summed E-state index contributed by atoms with van der Waals surface area (Å²) >= 11 is 0. The van der Waals surface area contributed by atoms with Crippen LogP contribution in [0, 0.1) is 6.92 Å². The molecule has 3 nitrogen and oxygen atoms in total. The number of pyridine rings is 1. The van der Waals surface area contributed by atoms with Gasteiger partial charge < -0.3 is 5.32 Å². The van der Waals surface area contributed by atoms with Crippen molar-refractivity contribution >= 4 is 5.82 Å². The Labute approximate surface area is 105 Å². The summed E-state index contributed by atoms with van der Waals surface area (Å²) in [5.74, 6) is 0.758. The van der Waals surface area contributed by atoms with E-state index < -0.39 is 12.7 Å². The number of anilines is 1. The Kier molecular flexibility index (Phi) is 5.40. The average Bonchev–Trinajstić information content (AvgIpc) is 2.22. The first-order valence-corrected chi connectivity index (χ1v) is 5.79. The van der Waals surface area contributed by atoms with Gasteiger partial charge in [-0.15, -0.1) is 0 Å². The van der Waals surface area contributed by atoms with Gasteiger partial charge in [0.05, 0.1) is 6.54 Å². The molecule has 0 aliphatic carbocycles. The van der Waals surface area contributed by atoms with Gasteiger partial charge in [-0.2, -0.15) is 13.2 Å². The average molecular weight is 261 g/mol. The predicted molar refractivity (Wildman–Crippen MR) is 65.6 cm³/mol. The lowest BCUT2D eigenvalue weighted by molar-refractivity contribution is -0.142. The van der Waals surface area contributed by atoms with Crippen molar-refractivity contribution in [3.63, 3.8) is 0 Å². The monoisotopic (exact) mass is 261 g/mol. The fourth-order valence-electron chi connectivity index (χ4n) is 1.59. The van der Waals surface area contributed by atoms with Crippen LogP contribution in [-0.4, -0.2) is 42.7 Å². The lowest BCUT2D eigenvalue weighted by atomic mass is 10.3. The molecule has 1 rings (SSSR count). The summed E-state index contributed by atoms with van der Waals surface area (Å²) in [5.41, 5.74) is 0.911. The molecule has 0 bridgehead atoms. The highest BCUT2D eigenvalue weighted by Gasteiger charge is 2.28. The lowest BCUT2D eigenvalue weighted by Gasteiger charge is -2.18. The van der Waals surface area contributed by atoms with Gasteiger partial charge in [0.15, 0.2) is 0 Å². The summed E-state index contributed by atoms with van der Waals surface area (Å²) in [6.45, 7) is 2.04. The molecule has 6 heteroatoms. The summed E-state index contributed by atoms with van der Waals surface area (Å²) in [7, 11) is 1.47. The van der Waals surface area contributed by atoms with Gasteiger partial charge in [-0.25, -0.2) is 4.98 Å². The third-order valence-corrected chi connectivity index (χ3v) is 2.36. The summed E-state index contributed by atoms with van der Waals surface area (Å²) in [4.78, 5) is 5.51. The molecular formula is C12H18F3N3. The molecule has 0 aliphatic heterocycles. The van der Waals surface area contributed by atoms with Crippen molar-refractivity contribution in [2.45, 2.75) is 19.5 Å². The van der Waals surface area contributed by atoms with Crippen LogP contribution < -0.4 is 5.32 Å². The molecule has 18 heavy (non-hydrogen) atoms. The molecule has 0 atom stereocenters. The maximum absolute atomic E-state index is 12.1. The Balaban J connectivity index is 2.19. The Bertz CT molecular complexity index is 366. The molecule has 1 aromatic heterocycles. The first-order chi connectivity index (χ1) is 8.37. The molecule has 0 aliphatic rings. The van der Waals surface area contributed by atoms with E-state index in [0.29, 0.717) is 19.5 Å². The molecular weight excluding hydrogens is 243 g/mol. The van der Waals surface area contributed by atoms with Crippen molar-refractivity contribution < 1.29 is 13.2 Å². The fraction of sp³-hybridized carbons (Fsp3) is 0.583. The molecule has 0 aromatic carbocycles. The minimum atomic E-state index is -4.12. The SMILES string of the molecule is Cc1cccc(NCCCN(C)CC(F)(F)F)n1. The maximum Gasteiger partial charge on any atom is 0.401 e. The van der Waals surface area contributed by atoms with Gasteiger partial charge in [0.1, 0.15) is 5.82 Å². The fourth-order valence-corrected chi connectivity index (χ4v) is 1.59. The number of hydrogen-bond acceptors (Lipinski definition) is 3. The highest BCUT2D eigenvalue weighted by Crippen LogP contribution is 2.15. The van der Waals surface area contributed by atoms with Gasteiger partial charge in [0.2, 0.25) is 0 Å². The van der Waals surface area contributed by atoms with Crippen molar-refractivity contribution in [1.82, 2.24) is 9.88 Å². The van der Waals surface area contributed by atoms with Crippen LogP contribution in [0.3, 0.4) is 0 Å². The number of aryl methyl sites for hydroxylation is 1. The third-order valence-electron chi connectivity index (χ3n) is 2.36. The summed E-state index contributed by atoms with van der Waals surface area (Å²) in [6, 6.07) is 5.62. The van der Waals surface area contributed by atoms with E-state index in [-0.39, 0.29) is 0 Å². The number of aromatic nitrogens is 1. The van der Waals surface area contributed by atoms with E-state index in [4.69, 9.17) is 0 Å². The highest BCUT2D eigenvalue weighted by molar-refractivity contribution is 5.34. The van der Waals surface area contributed by atoms with E-state index in [1.807, 2.05) is 25.1 Å². The Hall–Kier alpha value is -1.30. The van der Waals surface area contributed by atoms with E-state index in [2.05, 4.69) is 10.3 Å². The van der Waals surface area contributed by atoms with E-state index in [0.717, 1.165) is 11.5 Å². The van der Waals surface area contributed by atoms with Crippen LogP contribution in [0.25, 0.3) is 0 Å². The molecule has 0 saturated carbocycles. The van der Waals surface area contributed by atoms with Gasteiger partial charge in [-0.1, -0.05) is 6.07 Å². The van der Waals surface area contributed by atoms with E-state index in [1.165, 1.54) is 11.9 Å². The zero-order valence-electron chi connectivity index (χ0n) is 10.6. The zero-order chi connectivity index (χ0) is 13.6. The van der Waals surface area contributed by atoms with Crippen molar-refractivity contribution in [2.75, 3.05) is 32.0 Å². The number of alkyl halides is 3. The molecule has 1 heterocycles. The Morgan fingerprint density at radius 2 is 2.06 bits per heavy atom. The molecule has 0 amide bonds. The zero-order valence-corrected chi connectivity index (χ0v) is 10.6. The lowest BCUT2D eigenvalue weighted by Crippen LogP contribution is -2.32. The van der Waals surface area contributed by atoms with Gasteiger partial charge in [-0.05, 0) is 39.1 Å². The number of rotatable bonds is 6. The number of nitrogens with zero attached hydrogens (tertiary/aromatic N) is 2. The van der Waals surface area contributed by atoms with Gasteiger partial charge in [0, 0.05) is 12.2 Å². The first kappa shape index (κ1) is 14.8. The molecule has 1 aromatic rings. The summed E-state index contributed by atoms with van der Waals surface area (Å²) < 4.78 is 36.2. The van der Waals surface area contributed by atoms with Crippen LogP contribution in [0.2, 0.25) is 0 Å². The van der Waals surface area contributed by atoms with Crippen LogP contribution >= 0.6 is 0 Å². The largest absolute Gasteiger partial charge is 0.401 e. The minimum Gasteiger partial charge on any atom is -0.370 e.